The highest BCUT2D eigenvalue weighted by Gasteiger charge is 2.02. The van der Waals surface area contributed by atoms with Crippen LogP contribution in [0, 0.1) is 0 Å². The van der Waals surface area contributed by atoms with Crippen LogP contribution >= 0.6 is 18.7 Å². The summed E-state index contributed by atoms with van der Waals surface area (Å²) >= 11 is 5.95. The number of allylic oxidation sites excluding steroid dienone is 1. The monoisotopic (exact) mass is 228 g/mol. The third kappa shape index (κ3) is 4.13. The molecule has 0 N–H and O–H groups in total. The zero-order valence-electron chi connectivity index (χ0n) is 8.40. The molecule has 0 fully saturated rings. The molecule has 0 amide bonds. The fraction of sp³-hybridized carbons (Fsp3) is 0.273. The number of rotatable bonds is 3. The van der Waals surface area contributed by atoms with E-state index in [4.69, 9.17) is 11.6 Å². The second-order valence-corrected chi connectivity index (χ2v) is 7.60. The van der Waals surface area contributed by atoms with Crippen LogP contribution in [0.3, 0.4) is 0 Å². The van der Waals surface area contributed by atoms with Crippen molar-refractivity contribution in [2.45, 2.75) is 0 Å². The van der Waals surface area contributed by atoms with E-state index in [9.17, 15) is 4.57 Å². The second kappa shape index (κ2) is 4.82. The summed E-state index contributed by atoms with van der Waals surface area (Å²) in [6, 6.07) is 7.61. The standard InChI is InChI=1S/C11H14ClOP/c1-14(2,13)9-5-7-10-6-3-4-8-11(10)12/h3-8H,9H2,1-2H3/b7-5+. The van der Waals surface area contributed by atoms with E-state index in [0.717, 1.165) is 10.6 Å². The molecule has 0 aromatic heterocycles. The third-order valence-corrected chi connectivity index (χ3v) is 3.18. The van der Waals surface area contributed by atoms with Crippen LogP contribution in [-0.4, -0.2) is 19.5 Å². The van der Waals surface area contributed by atoms with E-state index in [0.29, 0.717) is 6.16 Å². The molecule has 0 spiro atoms. The average molecular weight is 229 g/mol. The molecule has 0 aliphatic heterocycles. The van der Waals surface area contributed by atoms with Crippen LogP contribution in [0.15, 0.2) is 30.3 Å². The number of hydrogen-bond acceptors (Lipinski definition) is 1. The lowest BCUT2D eigenvalue weighted by Crippen LogP contribution is -1.80. The van der Waals surface area contributed by atoms with Gasteiger partial charge in [0.25, 0.3) is 0 Å². The van der Waals surface area contributed by atoms with Gasteiger partial charge in [0, 0.05) is 11.2 Å². The van der Waals surface area contributed by atoms with Crippen LogP contribution in [0.5, 0.6) is 0 Å². The highest BCUT2D eigenvalue weighted by atomic mass is 35.5. The largest absolute Gasteiger partial charge is 0.324 e. The summed E-state index contributed by atoms with van der Waals surface area (Å²) in [7, 11) is -1.95. The molecule has 1 rings (SSSR count). The Morgan fingerprint density at radius 2 is 2.00 bits per heavy atom. The van der Waals surface area contributed by atoms with Gasteiger partial charge in [0.05, 0.1) is 7.14 Å². The van der Waals surface area contributed by atoms with Crippen LogP contribution < -0.4 is 0 Å². The van der Waals surface area contributed by atoms with Crippen molar-refractivity contribution in [1.29, 1.82) is 0 Å². The average Bonchev–Trinajstić information content (AvgIpc) is 2.06. The van der Waals surface area contributed by atoms with E-state index in [2.05, 4.69) is 0 Å². The Kier molecular flexibility index (Phi) is 3.97. The van der Waals surface area contributed by atoms with Crippen molar-refractivity contribution < 1.29 is 4.57 Å². The zero-order valence-corrected chi connectivity index (χ0v) is 10.1. The molecule has 0 unspecified atom stereocenters. The summed E-state index contributed by atoms with van der Waals surface area (Å²) in [5.74, 6) is 0. The van der Waals surface area contributed by atoms with Crippen molar-refractivity contribution in [3.05, 3.63) is 40.9 Å². The molecule has 3 heteroatoms. The van der Waals surface area contributed by atoms with E-state index in [1.54, 1.807) is 13.3 Å². The van der Waals surface area contributed by atoms with Crippen molar-refractivity contribution in [2.24, 2.45) is 0 Å². The van der Waals surface area contributed by atoms with Gasteiger partial charge in [-0.25, -0.2) is 0 Å². The van der Waals surface area contributed by atoms with Crippen LogP contribution in [-0.2, 0) is 4.57 Å². The Morgan fingerprint density at radius 1 is 1.36 bits per heavy atom. The zero-order chi connectivity index (χ0) is 10.6. The third-order valence-electron chi connectivity index (χ3n) is 1.75. The van der Waals surface area contributed by atoms with Crippen molar-refractivity contribution >= 4 is 24.8 Å². The van der Waals surface area contributed by atoms with Gasteiger partial charge in [0.15, 0.2) is 0 Å². The van der Waals surface area contributed by atoms with E-state index < -0.39 is 7.14 Å². The molecule has 1 aromatic carbocycles. The molecule has 0 aliphatic rings. The molecular weight excluding hydrogens is 215 g/mol. The lowest BCUT2D eigenvalue weighted by atomic mass is 10.2. The smallest absolute Gasteiger partial charge is 0.0855 e. The Labute approximate surface area is 90.2 Å². The number of halogens is 1. The van der Waals surface area contributed by atoms with Crippen LogP contribution in [0.2, 0.25) is 5.02 Å². The molecule has 0 saturated carbocycles. The van der Waals surface area contributed by atoms with Crippen LogP contribution in [0.25, 0.3) is 6.08 Å². The van der Waals surface area contributed by atoms with Gasteiger partial charge in [0.1, 0.15) is 0 Å². The molecule has 0 atom stereocenters. The summed E-state index contributed by atoms with van der Waals surface area (Å²) in [6.07, 6.45) is 4.46. The number of benzene rings is 1. The molecule has 0 radical (unpaired) electrons. The lowest BCUT2D eigenvalue weighted by molar-refractivity contribution is 0.584. The Balaban J connectivity index is 2.70. The first-order valence-electron chi connectivity index (χ1n) is 4.44. The highest BCUT2D eigenvalue weighted by Crippen LogP contribution is 2.35. The second-order valence-electron chi connectivity index (χ2n) is 3.68. The Bertz CT molecular complexity index is 379. The fourth-order valence-electron chi connectivity index (χ4n) is 1.04. The maximum atomic E-state index is 11.4. The first kappa shape index (κ1) is 11.6. The number of hydrogen-bond donors (Lipinski definition) is 0. The van der Waals surface area contributed by atoms with Gasteiger partial charge in [-0.3, -0.25) is 0 Å². The molecule has 1 nitrogen and oxygen atoms in total. The van der Waals surface area contributed by atoms with Gasteiger partial charge < -0.3 is 4.57 Å². The molecule has 0 bridgehead atoms. The first-order valence-corrected chi connectivity index (χ1v) is 7.60. The molecule has 1 aromatic rings. The molecular formula is C11H14ClOP. The van der Waals surface area contributed by atoms with E-state index in [1.165, 1.54) is 0 Å². The van der Waals surface area contributed by atoms with E-state index >= 15 is 0 Å². The van der Waals surface area contributed by atoms with Gasteiger partial charge in [-0.15, -0.1) is 0 Å². The van der Waals surface area contributed by atoms with Gasteiger partial charge in [-0.2, -0.15) is 0 Å². The topological polar surface area (TPSA) is 17.1 Å². The fourth-order valence-corrected chi connectivity index (χ4v) is 1.86. The Morgan fingerprint density at radius 3 is 2.57 bits per heavy atom. The van der Waals surface area contributed by atoms with Crippen LogP contribution in [0.1, 0.15) is 5.56 Å². The first-order chi connectivity index (χ1) is 6.49. The van der Waals surface area contributed by atoms with E-state index in [1.807, 2.05) is 36.4 Å². The SMILES string of the molecule is CP(C)(=O)C/C=C/c1ccccc1Cl. The summed E-state index contributed by atoms with van der Waals surface area (Å²) in [5, 5.41) is 0.728. The minimum absolute atomic E-state index is 0.623. The molecule has 76 valence electrons. The predicted octanol–water partition coefficient (Wildman–Crippen LogP) is 3.98. The predicted molar refractivity (Wildman–Crippen MR) is 64.8 cm³/mol. The van der Waals surface area contributed by atoms with Crippen molar-refractivity contribution in [1.82, 2.24) is 0 Å². The Hall–Kier alpha value is -0.520. The minimum atomic E-state index is -1.95. The summed E-state index contributed by atoms with van der Waals surface area (Å²) in [6.45, 7) is 3.56. The normalized spacial score (nSPS) is 12.2. The van der Waals surface area contributed by atoms with Crippen molar-refractivity contribution in [3.63, 3.8) is 0 Å². The van der Waals surface area contributed by atoms with Gasteiger partial charge >= 0.3 is 0 Å². The summed E-state index contributed by atoms with van der Waals surface area (Å²) in [5.41, 5.74) is 0.975. The quantitative estimate of drug-likeness (QED) is 0.716. The molecule has 0 heterocycles. The van der Waals surface area contributed by atoms with Gasteiger partial charge in [-0.1, -0.05) is 42.0 Å². The van der Waals surface area contributed by atoms with Crippen LogP contribution in [0.4, 0.5) is 0 Å². The molecule has 14 heavy (non-hydrogen) atoms. The maximum Gasteiger partial charge on any atom is 0.0855 e. The minimum Gasteiger partial charge on any atom is -0.324 e. The van der Waals surface area contributed by atoms with Gasteiger partial charge in [-0.05, 0) is 25.0 Å². The summed E-state index contributed by atoms with van der Waals surface area (Å²) < 4.78 is 11.4. The highest BCUT2D eigenvalue weighted by molar-refractivity contribution is 7.62. The maximum absolute atomic E-state index is 11.4. The molecule has 0 saturated heterocycles. The van der Waals surface area contributed by atoms with Crippen molar-refractivity contribution in [2.75, 3.05) is 19.5 Å². The summed E-state index contributed by atoms with van der Waals surface area (Å²) in [4.78, 5) is 0. The molecule has 0 aliphatic carbocycles. The lowest BCUT2D eigenvalue weighted by Gasteiger charge is -2.00. The van der Waals surface area contributed by atoms with E-state index in [-0.39, 0.29) is 0 Å². The van der Waals surface area contributed by atoms with Crippen molar-refractivity contribution in [3.8, 4) is 0 Å². The van der Waals surface area contributed by atoms with Gasteiger partial charge in [0.2, 0.25) is 0 Å².